The van der Waals surface area contributed by atoms with E-state index in [-0.39, 0.29) is 23.1 Å². The molecule has 110 valence electrons. The van der Waals surface area contributed by atoms with Gasteiger partial charge in [-0.15, -0.1) is 0 Å². The Morgan fingerprint density at radius 2 is 2.05 bits per heavy atom. The minimum atomic E-state index is -0.504. The summed E-state index contributed by atoms with van der Waals surface area (Å²) in [5.74, 6) is -0.121. The Labute approximate surface area is 117 Å². The zero-order chi connectivity index (χ0) is 15.1. The average Bonchev–Trinajstić information content (AvgIpc) is 2.48. The van der Waals surface area contributed by atoms with E-state index in [1.807, 2.05) is 27.7 Å². The van der Waals surface area contributed by atoms with E-state index in [9.17, 15) is 15.2 Å². The number of benzene rings is 1. The van der Waals surface area contributed by atoms with Gasteiger partial charge in [0.15, 0.2) is 0 Å². The average molecular weight is 280 g/mol. The van der Waals surface area contributed by atoms with Crippen molar-refractivity contribution in [1.29, 1.82) is 0 Å². The normalized spacial score (nSPS) is 23.5. The molecule has 1 aliphatic heterocycles. The fourth-order valence-electron chi connectivity index (χ4n) is 2.77. The quantitative estimate of drug-likeness (QED) is 0.505. The van der Waals surface area contributed by atoms with E-state index in [2.05, 4.69) is 5.32 Å². The highest BCUT2D eigenvalue weighted by molar-refractivity contribution is 5.64. The van der Waals surface area contributed by atoms with Crippen molar-refractivity contribution < 1.29 is 14.8 Å². The van der Waals surface area contributed by atoms with E-state index in [1.54, 1.807) is 0 Å². The van der Waals surface area contributed by atoms with E-state index >= 15 is 0 Å². The molecule has 1 aromatic rings. The number of anilines is 1. The topological polar surface area (TPSA) is 84.6 Å². The first kappa shape index (κ1) is 14.6. The van der Waals surface area contributed by atoms with Gasteiger partial charge in [-0.1, -0.05) is 0 Å². The number of nitro benzene ring substituents is 1. The number of aromatic hydroxyl groups is 1. The zero-order valence-electron chi connectivity index (χ0n) is 12.1. The number of rotatable bonds is 3. The maximum Gasteiger partial charge on any atom is 0.296 e. The molecule has 2 N–H and O–H groups in total. The lowest BCUT2D eigenvalue weighted by Crippen LogP contribution is -2.38. The third kappa shape index (κ3) is 2.85. The third-order valence-corrected chi connectivity index (χ3v) is 3.58. The molecule has 0 spiro atoms. The lowest BCUT2D eigenvalue weighted by Gasteiger charge is -2.28. The van der Waals surface area contributed by atoms with Crippen molar-refractivity contribution in [2.75, 3.05) is 5.32 Å². The first-order valence-electron chi connectivity index (χ1n) is 6.55. The summed E-state index contributed by atoms with van der Waals surface area (Å²) in [5, 5.41) is 23.6. The molecule has 1 saturated heterocycles. The van der Waals surface area contributed by atoms with Gasteiger partial charge in [0, 0.05) is 0 Å². The molecule has 1 fully saturated rings. The van der Waals surface area contributed by atoms with Crippen LogP contribution in [-0.4, -0.2) is 27.3 Å². The third-order valence-electron chi connectivity index (χ3n) is 3.58. The number of hydrogen-bond donors (Lipinski definition) is 2. The van der Waals surface area contributed by atoms with Crippen molar-refractivity contribution in [3.8, 4) is 5.75 Å². The summed E-state index contributed by atoms with van der Waals surface area (Å²) >= 11 is 0. The monoisotopic (exact) mass is 280 g/mol. The van der Waals surface area contributed by atoms with Crippen molar-refractivity contribution >= 4 is 11.4 Å². The van der Waals surface area contributed by atoms with Gasteiger partial charge in [-0.05, 0) is 46.2 Å². The Hall–Kier alpha value is -1.82. The second-order valence-corrected chi connectivity index (χ2v) is 6.32. The van der Waals surface area contributed by atoms with E-state index in [1.165, 1.54) is 12.1 Å². The van der Waals surface area contributed by atoms with Crippen molar-refractivity contribution in [3.05, 3.63) is 28.3 Å². The van der Waals surface area contributed by atoms with Crippen LogP contribution in [0.15, 0.2) is 18.2 Å². The predicted molar refractivity (Wildman–Crippen MR) is 76.0 cm³/mol. The number of nitrogens with zero attached hydrogens (tertiary/aromatic N) is 1. The second-order valence-electron chi connectivity index (χ2n) is 6.32. The molecule has 20 heavy (non-hydrogen) atoms. The van der Waals surface area contributed by atoms with Crippen molar-refractivity contribution in [2.45, 2.75) is 51.4 Å². The van der Waals surface area contributed by atoms with Crippen LogP contribution in [0.5, 0.6) is 5.75 Å². The van der Waals surface area contributed by atoms with E-state index in [0.717, 1.165) is 12.5 Å². The molecule has 1 heterocycles. The minimum absolute atomic E-state index is 0.0410. The Bertz CT molecular complexity index is 540. The van der Waals surface area contributed by atoms with Crippen LogP contribution in [0.3, 0.4) is 0 Å². The van der Waals surface area contributed by atoms with Gasteiger partial charge in [0.05, 0.1) is 28.2 Å². The van der Waals surface area contributed by atoms with Crippen LogP contribution < -0.4 is 5.32 Å². The molecular formula is C14H20N2O4. The van der Waals surface area contributed by atoms with E-state index in [4.69, 9.17) is 4.74 Å². The number of hydrogen-bond acceptors (Lipinski definition) is 5. The van der Waals surface area contributed by atoms with Gasteiger partial charge in [-0.25, -0.2) is 0 Å². The molecule has 0 saturated carbocycles. The van der Waals surface area contributed by atoms with Crippen LogP contribution in [0.4, 0.5) is 11.4 Å². The molecule has 0 aromatic heterocycles. The smallest absolute Gasteiger partial charge is 0.296 e. The Morgan fingerprint density at radius 1 is 1.40 bits per heavy atom. The molecule has 0 aliphatic carbocycles. The van der Waals surface area contributed by atoms with Gasteiger partial charge in [-0.3, -0.25) is 10.1 Å². The van der Waals surface area contributed by atoms with Crippen LogP contribution in [0, 0.1) is 10.1 Å². The summed E-state index contributed by atoms with van der Waals surface area (Å²) in [6, 6.07) is 4.06. The summed E-state index contributed by atoms with van der Waals surface area (Å²) in [6.07, 6.45) is 0.748. The van der Waals surface area contributed by atoms with Crippen LogP contribution in [0.1, 0.15) is 34.1 Å². The van der Waals surface area contributed by atoms with Gasteiger partial charge in [0.2, 0.25) is 0 Å². The molecule has 1 atom stereocenters. The molecule has 1 aromatic carbocycles. The fourth-order valence-corrected chi connectivity index (χ4v) is 2.77. The van der Waals surface area contributed by atoms with Crippen LogP contribution in [0.2, 0.25) is 0 Å². The van der Waals surface area contributed by atoms with Crippen LogP contribution in [0.25, 0.3) is 0 Å². The second kappa shape index (κ2) is 4.63. The van der Waals surface area contributed by atoms with Gasteiger partial charge < -0.3 is 15.2 Å². The van der Waals surface area contributed by atoms with E-state index < -0.39 is 10.5 Å². The van der Waals surface area contributed by atoms with Crippen LogP contribution >= 0.6 is 0 Å². The van der Waals surface area contributed by atoms with Crippen molar-refractivity contribution in [1.82, 2.24) is 0 Å². The highest BCUT2D eigenvalue weighted by atomic mass is 16.6. The SMILES string of the molecule is CC1(C)CC(Nc2ccc(O)cc2[N+](=O)[O-])C(C)(C)O1. The predicted octanol–water partition coefficient (Wildman–Crippen LogP) is 3.06. The number of phenolic OH excluding ortho intramolecular Hbond substituents is 1. The highest BCUT2D eigenvalue weighted by Gasteiger charge is 2.46. The lowest BCUT2D eigenvalue weighted by molar-refractivity contribution is -0.384. The first-order chi connectivity index (χ1) is 9.11. The number of nitrogens with one attached hydrogen (secondary N) is 1. The molecule has 0 radical (unpaired) electrons. The summed E-state index contributed by atoms with van der Waals surface area (Å²) in [5.41, 5.74) is -0.431. The molecule has 1 aliphatic rings. The molecular weight excluding hydrogens is 260 g/mol. The van der Waals surface area contributed by atoms with E-state index in [0.29, 0.717) is 5.69 Å². The lowest BCUT2D eigenvalue weighted by atomic mass is 9.94. The molecule has 6 heteroatoms. The Kier molecular flexibility index (Phi) is 3.37. The Balaban J connectivity index is 2.29. The Morgan fingerprint density at radius 3 is 2.55 bits per heavy atom. The summed E-state index contributed by atoms with van der Waals surface area (Å²) < 4.78 is 5.96. The van der Waals surface area contributed by atoms with Crippen LogP contribution in [-0.2, 0) is 4.74 Å². The maximum atomic E-state index is 11.1. The molecule has 0 bridgehead atoms. The minimum Gasteiger partial charge on any atom is -0.508 e. The molecule has 6 nitrogen and oxygen atoms in total. The van der Waals surface area contributed by atoms with Gasteiger partial charge in [0.25, 0.3) is 5.69 Å². The summed E-state index contributed by atoms with van der Waals surface area (Å²) in [6.45, 7) is 7.93. The number of nitro groups is 1. The maximum absolute atomic E-state index is 11.1. The first-order valence-corrected chi connectivity index (χ1v) is 6.55. The standard InChI is InChI=1S/C14H20N2O4/c1-13(2)8-12(14(3,4)20-13)15-10-6-5-9(17)7-11(10)16(18)19/h5-7,12,15,17H,8H2,1-4H3. The number of ether oxygens (including phenoxy) is 1. The van der Waals surface area contributed by atoms with Crippen molar-refractivity contribution in [2.24, 2.45) is 0 Å². The van der Waals surface area contributed by atoms with Gasteiger partial charge in [0.1, 0.15) is 11.4 Å². The fraction of sp³-hybridized carbons (Fsp3) is 0.571. The molecule has 1 unspecified atom stereocenters. The molecule has 0 amide bonds. The zero-order valence-corrected chi connectivity index (χ0v) is 12.1. The van der Waals surface area contributed by atoms with Crippen molar-refractivity contribution in [3.63, 3.8) is 0 Å². The largest absolute Gasteiger partial charge is 0.508 e. The number of phenols is 1. The highest BCUT2D eigenvalue weighted by Crippen LogP contribution is 2.40. The van der Waals surface area contributed by atoms with Gasteiger partial charge in [-0.2, -0.15) is 0 Å². The summed E-state index contributed by atoms with van der Waals surface area (Å²) in [7, 11) is 0. The summed E-state index contributed by atoms with van der Waals surface area (Å²) in [4.78, 5) is 10.6. The molecule has 2 rings (SSSR count). The van der Waals surface area contributed by atoms with Gasteiger partial charge >= 0.3 is 0 Å².